The third-order valence-corrected chi connectivity index (χ3v) is 5.30. The van der Waals surface area contributed by atoms with Gasteiger partial charge in [0.15, 0.2) is 0 Å². The maximum Gasteiger partial charge on any atom is 0.123 e. The van der Waals surface area contributed by atoms with Gasteiger partial charge in [0.05, 0.1) is 5.52 Å². The molecule has 3 nitrogen and oxygen atoms in total. The largest absolute Gasteiger partial charge is 0.364 e. The molecule has 0 atom stereocenters. The maximum atomic E-state index is 5.45. The number of para-hydroxylation sites is 1. The van der Waals surface area contributed by atoms with E-state index in [0.29, 0.717) is 6.73 Å². The van der Waals surface area contributed by atoms with E-state index < -0.39 is 0 Å². The van der Waals surface area contributed by atoms with E-state index in [-0.39, 0.29) is 0 Å². The van der Waals surface area contributed by atoms with Crippen LogP contribution in [0.2, 0.25) is 0 Å². The Kier molecular flexibility index (Phi) is 5.56. The van der Waals surface area contributed by atoms with E-state index in [2.05, 4.69) is 81.5 Å². The van der Waals surface area contributed by atoms with E-state index >= 15 is 0 Å². The highest BCUT2D eigenvalue weighted by Gasteiger charge is 2.19. The zero-order valence-electron chi connectivity index (χ0n) is 13.8. The van der Waals surface area contributed by atoms with Gasteiger partial charge in [-0.25, -0.2) is 0 Å². The Balaban J connectivity index is 2.08. The molecular formula is C19H23IN2O. The van der Waals surface area contributed by atoms with E-state index in [4.69, 9.17) is 4.74 Å². The van der Waals surface area contributed by atoms with Crippen molar-refractivity contribution in [1.29, 1.82) is 0 Å². The van der Waals surface area contributed by atoms with Gasteiger partial charge in [0.25, 0.3) is 0 Å². The second-order valence-electron chi connectivity index (χ2n) is 5.86. The van der Waals surface area contributed by atoms with Crippen LogP contribution in [0.15, 0.2) is 40.0 Å². The van der Waals surface area contributed by atoms with Gasteiger partial charge in [-0.1, -0.05) is 30.4 Å². The van der Waals surface area contributed by atoms with Crippen LogP contribution in [0, 0.1) is 0 Å². The van der Waals surface area contributed by atoms with Crippen molar-refractivity contribution in [3.8, 4) is 0 Å². The summed E-state index contributed by atoms with van der Waals surface area (Å²) >= 11 is 2.44. The van der Waals surface area contributed by atoms with E-state index in [1.54, 1.807) is 7.11 Å². The van der Waals surface area contributed by atoms with E-state index in [0.717, 1.165) is 26.1 Å². The first-order chi connectivity index (χ1) is 11.2. The van der Waals surface area contributed by atoms with E-state index in [1.165, 1.54) is 25.7 Å². The molecule has 122 valence electrons. The van der Waals surface area contributed by atoms with Crippen LogP contribution in [-0.2, 0) is 18.0 Å². The lowest BCUT2D eigenvalue weighted by atomic mass is 10.1. The number of nitrogens with zero attached hydrogens (tertiary/aromatic N) is 2. The van der Waals surface area contributed by atoms with Crippen LogP contribution >= 0.6 is 22.6 Å². The topological polar surface area (TPSA) is 17.4 Å². The minimum absolute atomic E-state index is 0.590. The highest BCUT2D eigenvalue weighted by molar-refractivity contribution is 14.1. The van der Waals surface area contributed by atoms with Gasteiger partial charge in [0, 0.05) is 41.4 Å². The number of halogens is 1. The fourth-order valence-corrected chi connectivity index (χ4v) is 3.70. The van der Waals surface area contributed by atoms with Crippen molar-refractivity contribution in [2.45, 2.75) is 26.6 Å². The molecule has 0 fully saturated rings. The molecule has 2 aromatic rings. The molecule has 0 aliphatic carbocycles. The molecule has 0 amide bonds. The van der Waals surface area contributed by atoms with Crippen LogP contribution in [0.4, 0.5) is 0 Å². The Morgan fingerprint density at radius 3 is 2.96 bits per heavy atom. The van der Waals surface area contributed by atoms with Gasteiger partial charge in [-0.05, 0) is 53.6 Å². The lowest BCUT2D eigenvalue weighted by Gasteiger charge is -2.23. The Bertz CT molecular complexity index is 745. The summed E-state index contributed by atoms with van der Waals surface area (Å²) in [6, 6.07) is 8.65. The predicted octanol–water partition coefficient (Wildman–Crippen LogP) is 4.80. The number of allylic oxidation sites excluding steroid dienone is 1. The number of methoxy groups -OCH3 is 1. The summed E-state index contributed by atoms with van der Waals surface area (Å²) in [5.41, 5.74) is 3.95. The lowest BCUT2D eigenvalue weighted by molar-refractivity contribution is 0.134. The average molecular weight is 422 g/mol. The van der Waals surface area contributed by atoms with Crippen molar-refractivity contribution < 1.29 is 4.74 Å². The fraction of sp³-hybridized carbons (Fsp3) is 0.368. The quantitative estimate of drug-likeness (QED) is 0.659. The summed E-state index contributed by atoms with van der Waals surface area (Å²) in [7, 11) is 1.76. The normalized spacial score (nSPS) is 17.8. The van der Waals surface area contributed by atoms with Crippen molar-refractivity contribution in [2.24, 2.45) is 0 Å². The van der Waals surface area contributed by atoms with Crippen LogP contribution in [0.1, 0.15) is 24.6 Å². The van der Waals surface area contributed by atoms with Crippen LogP contribution in [-0.4, -0.2) is 29.7 Å². The summed E-state index contributed by atoms with van der Waals surface area (Å²) in [5.74, 6) is 0. The first-order valence-electron chi connectivity index (χ1n) is 8.03. The number of ether oxygens (including phenoxy) is 1. The number of hydrogen-bond acceptors (Lipinski definition) is 2. The summed E-state index contributed by atoms with van der Waals surface area (Å²) in [5, 5.41) is 1.34. The number of rotatable bonds is 4. The number of hydrogen-bond donors (Lipinski definition) is 0. The SMILES string of the molecule is C/C=C(\I)CN1CC/C=C\c2c(c3ccccc3n2COC)C1. The molecule has 4 heteroatoms. The standard InChI is InChI=1S/C19H23IN2O/c1-3-15(20)12-21-11-7-6-10-19-17(13-21)16-8-4-5-9-18(16)22(19)14-23-2/h3-6,8-10H,7,11-14H2,1-2H3/b10-6-,15-3-. The molecule has 0 saturated carbocycles. The Morgan fingerprint density at radius 2 is 2.17 bits per heavy atom. The molecule has 0 radical (unpaired) electrons. The van der Waals surface area contributed by atoms with Crippen LogP contribution in [0.25, 0.3) is 17.0 Å². The molecule has 1 aliphatic heterocycles. The van der Waals surface area contributed by atoms with Gasteiger partial charge in [-0.3, -0.25) is 4.90 Å². The fourth-order valence-electron chi connectivity index (χ4n) is 3.21. The summed E-state index contributed by atoms with van der Waals surface area (Å²) in [6.07, 6.45) is 7.84. The van der Waals surface area contributed by atoms with Crippen molar-refractivity contribution >= 4 is 39.6 Å². The van der Waals surface area contributed by atoms with E-state index in [9.17, 15) is 0 Å². The van der Waals surface area contributed by atoms with Crippen LogP contribution < -0.4 is 0 Å². The molecule has 1 aromatic carbocycles. The molecule has 2 heterocycles. The molecule has 0 saturated heterocycles. The molecule has 1 aliphatic rings. The molecule has 3 rings (SSSR count). The van der Waals surface area contributed by atoms with Crippen molar-refractivity contribution in [3.63, 3.8) is 0 Å². The van der Waals surface area contributed by atoms with Gasteiger partial charge in [0.2, 0.25) is 0 Å². The van der Waals surface area contributed by atoms with Crippen molar-refractivity contribution in [3.05, 3.63) is 51.3 Å². The highest BCUT2D eigenvalue weighted by atomic mass is 127. The van der Waals surface area contributed by atoms with Gasteiger partial charge in [0.1, 0.15) is 6.73 Å². The first kappa shape index (κ1) is 16.7. The maximum absolute atomic E-state index is 5.45. The molecule has 0 N–H and O–H groups in total. The number of benzene rings is 1. The smallest absolute Gasteiger partial charge is 0.123 e. The predicted molar refractivity (Wildman–Crippen MR) is 106 cm³/mol. The lowest BCUT2D eigenvalue weighted by Crippen LogP contribution is -2.26. The highest BCUT2D eigenvalue weighted by Crippen LogP contribution is 2.30. The van der Waals surface area contributed by atoms with Gasteiger partial charge in [-0.15, -0.1) is 0 Å². The number of aromatic nitrogens is 1. The van der Waals surface area contributed by atoms with Gasteiger partial charge >= 0.3 is 0 Å². The summed E-state index contributed by atoms with van der Waals surface area (Å²) < 4.78 is 9.13. The third-order valence-electron chi connectivity index (χ3n) is 4.34. The third kappa shape index (κ3) is 3.54. The van der Waals surface area contributed by atoms with Crippen molar-refractivity contribution in [2.75, 3.05) is 20.2 Å². The Labute approximate surface area is 151 Å². The van der Waals surface area contributed by atoms with Crippen molar-refractivity contribution in [1.82, 2.24) is 9.47 Å². The molecule has 1 aromatic heterocycles. The zero-order valence-corrected chi connectivity index (χ0v) is 15.9. The van der Waals surface area contributed by atoms with E-state index in [1.807, 2.05) is 0 Å². The molecule has 0 bridgehead atoms. The molecule has 23 heavy (non-hydrogen) atoms. The number of fused-ring (bicyclic) bond motifs is 3. The molecule has 0 unspecified atom stereocenters. The second kappa shape index (κ2) is 7.64. The minimum atomic E-state index is 0.590. The summed E-state index contributed by atoms with van der Waals surface area (Å²) in [4.78, 5) is 2.54. The monoisotopic (exact) mass is 422 g/mol. The van der Waals surface area contributed by atoms with Crippen LogP contribution in [0.5, 0.6) is 0 Å². The first-order valence-corrected chi connectivity index (χ1v) is 9.11. The molecule has 0 spiro atoms. The van der Waals surface area contributed by atoms with Gasteiger partial charge in [-0.2, -0.15) is 0 Å². The second-order valence-corrected chi connectivity index (χ2v) is 7.25. The summed E-state index contributed by atoms with van der Waals surface area (Å²) in [6.45, 7) is 5.81. The van der Waals surface area contributed by atoms with Gasteiger partial charge < -0.3 is 9.30 Å². The average Bonchev–Trinajstić information content (AvgIpc) is 2.82. The molecular weight excluding hydrogens is 399 g/mol. The van der Waals surface area contributed by atoms with Crippen LogP contribution in [0.3, 0.4) is 0 Å². The minimum Gasteiger partial charge on any atom is -0.364 e. The Hall–Kier alpha value is -1.11. The zero-order chi connectivity index (χ0) is 16.2. The Morgan fingerprint density at radius 1 is 1.35 bits per heavy atom.